The molecule has 0 bridgehead atoms. The number of nitrogens with zero attached hydrogens (tertiary/aromatic N) is 1. The summed E-state index contributed by atoms with van der Waals surface area (Å²) in [4.78, 5) is 14.5. The summed E-state index contributed by atoms with van der Waals surface area (Å²) in [6.07, 6.45) is 5.23. The largest absolute Gasteiger partial charge is 0.356 e. The van der Waals surface area contributed by atoms with E-state index < -0.39 is 0 Å². The van der Waals surface area contributed by atoms with E-state index >= 15 is 0 Å². The molecule has 1 heterocycles. The van der Waals surface area contributed by atoms with Crippen LogP contribution < -0.4 is 5.32 Å². The Morgan fingerprint density at radius 1 is 1.44 bits per heavy atom. The highest BCUT2D eigenvalue weighted by molar-refractivity contribution is 5.84. The molecule has 1 aromatic heterocycles. The number of aromatic nitrogens is 1. The molecule has 0 saturated carbocycles. The Kier molecular flexibility index (Phi) is 3.15. The van der Waals surface area contributed by atoms with Crippen molar-refractivity contribution in [2.45, 2.75) is 19.4 Å². The molecule has 0 aliphatic heterocycles. The predicted octanol–water partition coefficient (Wildman–Crippen LogP) is 1.91. The van der Waals surface area contributed by atoms with Gasteiger partial charge >= 0.3 is 0 Å². The van der Waals surface area contributed by atoms with E-state index in [1.807, 2.05) is 25.3 Å². The summed E-state index contributed by atoms with van der Waals surface area (Å²) in [5.41, 5.74) is 1.22. The van der Waals surface area contributed by atoms with E-state index in [4.69, 9.17) is 0 Å². The second-order valence-electron chi connectivity index (χ2n) is 3.90. The van der Waals surface area contributed by atoms with Crippen LogP contribution >= 0.6 is 0 Å². The van der Waals surface area contributed by atoms with Crippen molar-refractivity contribution in [3.63, 3.8) is 0 Å². The Morgan fingerprint density at radius 3 is 3.12 bits per heavy atom. The zero-order valence-corrected chi connectivity index (χ0v) is 9.18. The molecule has 0 aliphatic rings. The number of hydrogen-bond donors (Lipinski definition) is 1. The summed E-state index contributed by atoms with van der Waals surface area (Å²) in [6.45, 7) is 1.99. The van der Waals surface area contributed by atoms with Gasteiger partial charge in [-0.3, -0.25) is 9.78 Å². The highest BCUT2D eigenvalue weighted by Crippen LogP contribution is 2.18. The molecular weight excluding hydrogens is 200 g/mol. The maximum atomic E-state index is 10.3. The Bertz CT molecular complexity index is 491. The van der Waals surface area contributed by atoms with Gasteiger partial charge in [-0.2, -0.15) is 0 Å². The van der Waals surface area contributed by atoms with Crippen molar-refractivity contribution in [1.29, 1.82) is 0 Å². The average Bonchev–Trinajstić information content (AvgIpc) is 2.30. The molecule has 16 heavy (non-hydrogen) atoms. The zero-order chi connectivity index (χ0) is 11.4. The highest BCUT2D eigenvalue weighted by Gasteiger charge is 2.05. The van der Waals surface area contributed by atoms with E-state index in [2.05, 4.69) is 22.4 Å². The number of rotatable bonds is 4. The molecule has 3 heteroatoms. The van der Waals surface area contributed by atoms with E-state index in [-0.39, 0.29) is 6.04 Å². The fourth-order valence-corrected chi connectivity index (χ4v) is 1.86. The van der Waals surface area contributed by atoms with Gasteiger partial charge < -0.3 is 5.32 Å². The summed E-state index contributed by atoms with van der Waals surface area (Å²) in [5.74, 6) is 0. The summed E-state index contributed by atoms with van der Waals surface area (Å²) in [7, 11) is 0. The number of carbonyl (C=O) groups excluding carboxylic acids is 1. The Hall–Kier alpha value is -1.90. The molecule has 0 aliphatic carbocycles. The normalized spacial score (nSPS) is 12.3. The first-order valence-corrected chi connectivity index (χ1v) is 5.32. The van der Waals surface area contributed by atoms with Crippen molar-refractivity contribution >= 4 is 17.2 Å². The van der Waals surface area contributed by atoms with Gasteiger partial charge in [-0.25, -0.2) is 0 Å². The maximum Gasteiger partial charge on any atom is 0.207 e. The Morgan fingerprint density at radius 2 is 2.31 bits per heavy atom. The Labute approximate surface area is 94.5 Å². The summed E-state index contributed by atoms with van der Waals surface area (Å²) < 4.78 is 0. The van der Waals surface area contributed by atoms with Crippen LogP contribution in [0.15, 0.2) is 36.7 Å². The quantitative estimate of drug-likeness (QED) is 0.790. The molecular formula is C13H14N2O. The Balaban J connectivity index is 2.33. The smallest absolute Gasteiger partial charge is 0.207 e. The first-order chi connectivity index (χ1) is 7.81. The van der Waals surface area contributed by atoms with Crippen LogP contribution in [0.4, 0.5) is 0 Å². The highest BCUT2D eigenvalue weighted by atomic mass is 16.1. The van der Waals surface area contributed by atoms with Crippen molar-refractivity contribution in [2.24, 2.45) is 0 Å². The molecule has 2 aromatic rings. The molecule has 1 amide bonds. The molecule has 1 aromatic carbocycles. The number of nitrogens with one attached hydrogen (secondary N) is 1. The topological polar surface area (TPSA) is 42.0 Å². The van der Waals surface area contributed by atoms with Crippen LogP contribution in [0.5, 0.6) is 0 Å². The lowest BCUT2D eigenvalue weighted by molar-refractivity contribution is -0.110. The minimum atomic E-state index is 0.142. The van der Waals surface area contributed by atoms with Crippen molar-refractivity contribution < 1.29 is 4.79 Å². The van der Waals surface area contributed by atoms with E-state index in [9.17, 15) is 4.79 Å². The van der Waals surface area contributed by atoms with Gasteiger partial charge in [0.05, 0.1) is 0 Å². The molecule has 0 spiro atoms. The fourth-order valence-electron chi connectivity index (χ4n) is 1.86. The van der Waals surface area contributed by atoms with Crippen LogP contribution in [-0.4, -0.2) is 17.4 Å². The standard InChI is InChI=1S/C13H14N2O/c1-10(15-9-16)7-12-4-2-3-11-5-6-14-8-13(11)12/h2-6,8-10H,7H2,1H3,(H,15,16). The van der Waals surface area contributed by atoms with Crippen molar-refractivity contribution in [1.82, 2.24) is 10.3 Å². The van der Waals surface area contributed by atoms with Crippen molar-refractivity contribution in [3.8, 4) is 0 Å². The molecule has 1 N–H and O–H groups in total. The third kappa shape index (κ3) is 2.19. The molecule has 0 radical (unpaired) electrons. The van der Waals surface area contributed by atoms with Gasteiger partial charge in [0.25, 0.3) is 0 Å². The second-order valence-corrected chi connectivity index (χ2v) is 3.90. The van der Waals surface area contributed by atoms with Crippen molar-refractivity contribution in [3.05, 3.63) is 42.2 Å². The lowest BCUT2D eigenvalue weighted by atomic mass is 10.0. The van der Waals surface area contributed by atoms with Gasteiger partial charge in [-0.1, -0.05) is 18.2 Å². The number of amides is 1. The lowest BCUT2D eigenvalue weighted by Gasteiger charge is -2.11. The SMILES string of the molecule is CC(Cc1cccc2ccncc12)NC=O. The number of pyridine rings is 1. The monoisotopic (exact) mass is 214 g/mol. The average molecular weight is 214 g/mol. The van der Waals surface area contributed by atoms with E-state index in [0.717, 1.165) is 18.2 Å². The molecule has 3 nitrogen and oxygen atoms in total. The molecule has 1 atom stereocenters. The molecule has 82 valence electrons. The molecule has 1 unspecified atom stereocenters. The zero-order valence-electron chi connectivity index (χ0n) is 9.18. The van der Waals surface area contributed by atoms with Crippen LogP contribution in [0.1, 0.15) is 12.5 Å². The summed E-state index contributed by atoms with van der Waals surface area (Å²) in [5, 5.41) is 5.10. The summed E-state index contributed by atoms with van der Waals surface area (Å²) in [6, 6.07) is 8.32. The van der Waals surface area contributed by atoms with Crippen LogP contribution in [0.2, 0.25) is 0 Å². The first-order valence-electron chi connectivity index (χ1n) is 5.32. The van der Waals surface area contributed by atoms with Crippen LogP contribution in [0, 0.1) is 0 Å². The predicted molar refractivity (Wildman–Crippen MR) is 64.1 cm³/mol. The van der Waals surface area contributed by atoms with Gasteiger partial charge in [0, 0.05) is 23.8 Å². The fraction of sp³-hybridized carbons (Fsp3) is 0.231. The first kappa shape index (κ1) is 10.6. The van der Waals surface area contributed by atoms with Gasteiger partial charge in [-0.05, 0) is 30.4 Å². The number of carbonyl (C=O) groups is 1. The summed E-state index contributed by atoms with van der Waals surface area (Å²) >= 11 is 0. The van der Waals surface area contributed by atoms with Crippen LogP contribution in [0.25, 0.3) is 10.8 Å². The number of fused-ring (bicyclic) bond motifs is 1. The molecule has 2 rings (SSSR count). The van der Waals surface area contributed by atoms with E-state index in [0.29, 0.717) is 0 Å². The van der Waals surface area contributed by atoms with Gasteiger partial charge in [0.15, 0.2) is 0 Å². The van der Waals surface area contributed by atoms with Gasteiger partial charge in [0.1, 0.15) is 0 Å². The third-order valence-corrected chi connectivity index (χ3v) is 2.65. The minimum Gasteiger partial charge on any atom is -0.356 e. The number of benzene rings is 1. The lowest BCUT2D eigenvalue weighted by Crippen LogP contribution is -2.26. The van der Waals surface area contributed by atoms with E-state index in [1.165, 1.54) is 10.9 Å². The number of hydrogen-bond acceptors (Lipinski definition) is 2. The van der Waals surface area contributed by atoms with Crippen LogP contribution in [-0.2, 0) is 11.2 Å². The van der Waals surface area contributed by atoms with Gasteiger partial charge in [0.2, 0.25) is 6.41 Å². The third-order valence-electron chi connectivity index (χ3n) is 2.65. The van der Waals surface area contributed by atoms with E-state index in [1.54, 1.807) is 6.20 Å². The second kappa shape index (κ2) is 4.75. The minimum absolute atomic E-state index is 0.142. The van der Waals surface area contributed by atoms with Crippen LogP contribution in [0.3, 0.4) is 0 Å². The molecule has 0 saturated heterocycles. The van der Waals surface area contributed by atoms with Crippen molar-refractivity contribution in [2.75, 3.05) is 0 Å². The van der Waals surface area contributed by atoms with Gasteiger partial charge in [-0.15, -0.1) is 0 Å². The molecule has 0 fully saturated rings. The maximum absolute atomic E-state index is 10.3.